The van der Waals surface area contributed by atoms with Crippen LogP contribution in [0.4, 0.5) is 0 Å². The topological polar surface area (TPSA) is 67.8 Å². The minimum atomic E-state index is -0.755. The van der Waals surface area contributed by atoms with Gasteiger partial charge >= 0.3 is 5.97 Å². The van der Waals surface area contributed by atoms with Gasteiger partial charge in [-0.2, -0.15) is 0 Å². The number of carboxylic acids is 1. The molecule has 5 heteroatoms. The molecular formula is C13H21NO4. The average molecular weight is 255 g/mol. The Labute approximate surface area is 107 Å². The van der Waals surface area contributed by atoms with E-state index in [1.54, 1.807) is 0 Å². The summed E-state index contributed by atoms with van der Waals surface area (Å²) in [4.78, 5) is 11.6. The van der Waals surface area contributed by atoms with Crippen molar-refractivity contribution in [1.82, 2.24) is 5.32 Å². The molecule has 0 radical (unpaired) electrons. The van der Waals surface area contributed by atoms with Gasteiger partial charge in [0.2, 0.25) is 0 Å². The summed E-state index contributed by atoms with van der Waals surface area (Å²) in [5, 5.41) is 12.9. The van der Waals surface area contributed by atoms with Crippen molar-refractivity contribution in [3.05, 3.63) is 0 Å². The first-order chi connectivity index (χ1) is 8.68. The van der Waals surface area contributed by atoms with Crippen molar-refractivity contribution in [2.45, 2.75) is 62.3 Å². The Hall–Kier alpha value is -0.650. The second-order valence-electron chi connectivity index (χ2n) is 5.82. The lowest BCUT2D eigenvalue weighted by Gasteiger charge is -2.40. The van der Waals surface area contributed by atoms with Gasteiger partial charge in [-0.3, -0.25) is 10.1 Å². The van der Waals surface area contributed by atoms with E-state index in [0.29, 0.717) is 25.7 Å². The van der Waals surface area contributed by atoms with Crippen LogP contribution < -0.4 is 5.32 Å². The molecule has 18 heavy (non-hydrogen) atoms. The Balaban J connectivity index is 1.62. The molecule has 0 amide bonds. The summed E-state index contributed by atoms with van der Waals surface area (Å²) in [7, 11) is 0. The number of ether oxygens (including phenoxy) is 2. The molecule has 3 aliphatic rings. The van der Waals surface area contributed by atoms with Gasteiger partial charge in [0, 0.05) is 12.5 Å². The highest BCUT2D eigenvalue weighted by Crippen LogP contribution is 2.35. The number of hydrogen-bond donors (Lipinski definition) is 2. The summed E-state index contributed by atoms with van der Waals surface area (Å²) < 4.78 is 11.0. The zero-order valence-electron chi connectivity index (χ0n) is 10.6. The smallest absolute Gasteiger partial charge is 0.324 e. The molecule has 0 aromatic heterocycles. The second-order valence-corrected chi connectivity index (χ2v) is 5.82. The fourth-order valence-corrected chi connectivity index (χ4v) is 2.91. The van der Waals surface area contributed by atoms with Gasteiger partial charge in [-0.25, -0.2) is 0 Å². The molecule has 102 valence electrons. The number of aliphatic carboxylic acids is 1. The van der Waals surface area contributed by atoms with Crippen LogP contribution in [0, 0.1) is 0 Å². The molecule has 2 aliphatic carbocycles. The maximum atomic E-state index is 11.6. The fourth-order valence-electron chi connectivity index (χ4n) is 2.91. The van der Waals surface area contributed by atoms with Gasteiger partial charge in [-0.05, 0) is 32.1 Å². The summed E-state index contributed by atoms with van der Waals surface area (Å²) in [6.07, 6.45) is 5.67. The molecule has 0 bridgehead atoms. The Kier molecular flexibility index (Phi) is 3.30. The van der Waals surface area contributed by atoms with Crippen LogP contribution >= 0.6 is 0 Å². The van der Waals surface area contributed by atoms with Crippen molar-refractivity contribution in [3.63, 3.8) is 0 Å². The molecule has 3 rings (SSSR count). The van der Waals surface area contributed by atoms with Gasteiger partial charge in [-0.1, -0.05) is 0 Å². The zero-order chi connectivity index (χ0) is 12.6. The average Bonchev–Trinajstić information content (AvgIpc) is 3.08. The molecule has 2 unspecified atom stereocenters. The summed E-state index contributed by atoms with van der Waals surface area (Å²) >= 11 is 0. The number of rotatable bonds is 5. The zero-order valence-corrected chi connectivity index (χ0v) is 10.6. The maximum absolute atomic E-state index is 11.6. The van der Waals surface area contributed by atoms with E-state index in [9.17, 15) is 9.90 Å². The summed E-state index contributed by atoms with van der Waals surface area (Å²) in [6, 6.07) is 0.409. The third-order valence-corrected chi connectivity index (χ3v) is 4.17. The molecule has 2 atom stereocenters. The first-order valence-electron chi connectivity index (χ1n) is 6.92. The quantitative estimate of drug-likeness (QED) is 0.764. The lowest BCUT2D eigenvalue weighted by Crippen LogP contribution is -2.57. The summed E-state index contributed by atoms with van der Waals surface area (Å²) in [5.74, 6) is -0.715. The molecular weight excluding hydrogens is 234 g/mol. The van der Waals surface area contributed by atoms with Crippen LogP contribution in [0.15, 0.2) is 0 Å². The first kappa shape index (κ1) is 12.4. The van der Waals surface area contributed by atoms with Gasteiger partial charge < -0.3 is 14.6 Å². The molecule has 5 nitrogen and oxygen atoms in total. The first-order valence-corrected chi connectivity index (χ1v) is 6.92. The van der Waals surface area contributed by atoms with Crippen LogP contribution in [0.5, 0.6) is 0 Å². The van der Waals surface area contributed by atoms with Crippen molar-refractivity contribution in [2.24, 2.45) is 0 Å². The van der Waals surface area contributed by atoms with E-state index in [1.165, 1.54) is 0 Å². The fraction of sp³-hybridized carbons (Fsp3) is 0.923. The third kappa shape index (κ3) is 2.53. The predicted octanol–water partition coefficient (Wildman–Crippen LogP) is 0.920. The van der Waals surface area contributed by atoms with Gasteiger partial charge in [0.05, 0.1) is 19.3 Å². The summed E-state index contributed by atoms with van der Waals surface area (Å²) in [6.45, 7) is 1.32. The minimum Gasteiger partial charge on any atom is -0.480 e. The molecule has 0 spiro atoms. The van der Waals surface area contributed by atoms with Crippen LogP contribution in [0.25, 0.3) is 0 Å². The highest BCUT2D eigenvalue weighted by atomic mass is 16.6. The van der Waals surface area contributed by atoms with Crippen LogP contribution in [0.2, 0.25) is 0 Å². The molecule has 1 aliphatic heterocycles. The Morgan fingerprint density at radius 3 is 2.61 bits per heavy atom. The Morgan fingerprint density at radius 2 is 2.06 bits per heavy atom. The van der Waals surface area contributed by atoms with E-state index in [1.807, 2.05) is 0 Å². The minimum absolute atomic E-state index is 0.0648. The van der Waals surface area contributed by atoms with Crippen LogP contribution in [-0.4, -0.2) is 48.1 Å². The molecule has 2 N–H and O–H groups in total. The number of nitrogens with one attached hydrogen (secondary N) is 1. The Morgan fingerprint density at radius 1 is 1.28 bits per heavy atom. The maximum Gasteiger partial charge on any atom is 0.324 e. The van der Waals surface area contributed by atoms with E-state index in [-0.39, 0.29) is 12.2 Å². The van der Waals surface area contributed by atoms with E-state index in [4.69, 9.17) is 9.47 Å². The van der Waals surface area contributed by atoms with Crippen LogP contribution in [0.3, 0.4) is 0 Å². The third-order valence-electron chi connectivity index (χ3n) is 4.17. The van der Waals surface area contributed by atoms with Crippen molar-refractivity contribution >= 4 is 5.97 Å². The van der Waals surface area contributed by atoms with E-state index in [0.717, 1.165) is 32.1 Å². The highest BCUT2D eigenvalue weighted by molar-refractivity contribution is 5.79. The van der Waals surface area contributed by atoms with Gasteiger partial charge in [-0.15, -0.1) is 0 Å². The van der Waals surface area contributed by atoms with Crippen molar-refractivity contribution in [3.8, 4) is 0 Å². The molecule has 1 heterocycles. The van der Waals surface area contributed by atoms with Crippen molar-refractivity contribution in [2.75, 3.05) is 13.2 Å². The number of hydrogen-bond acceptors (Lipinski definition) is 4. The largest absolute Gasteiger partial charge is 0.480 e. The van der Waals surface area contributed by atoms with Crippen molar-refractivity contribution < 1.29 is 19.4 Å². The monoisotopic (exact) mass is 255 g/mol. The lowest BCUT2D eigenvalue weighted by atomic mass is 9.79. The predicted molar refractivity (Wildman–Crippen MR) is 64.5 cm³/mol. The van der Waals surface area contributed by atoms with Gasteiger partial charge in [0.25, 0.3) is 0 Å². The second kappa shape index (κ2) is 4.79. The Bertz CT molecular complexity index is 327. The number of carbonyl (C=O) groups is 1. The molecule has 2 saturated carbocycles. The van der Waals surface area contributed by atoms with Gasteiger partial charge in [0.15, 0.2) is 0 Å². The van der Waals surface area contributed by atoms with Crippen molar-refractivity contribution in [1.29, 1.82) is 0 Å². The highest BCUT2D eigenvalue weighted by Gasteiger charge is 2.46. The van der Waals surface area contributed by atoms with E-state index < -0.39 is 11.5 Å². The molecule has 0 aromatic rings. The molecule has 1 saturated heterocycles. The lowest BCUT2D eigenvalue weighted by molar-refractivity contribution is -0.172. The van der Waals surface area contributed by atoms with Crippen LogP contribution in [-0.2, 0) is 14.3 Å². The van der Waals surface area contributed by atoms with E-state index >= 15 is 0 Å². The molecule has 0 aromatic carbocycles. The molecule has 3 fully saturated rings. The van der Waals surface area contributed by atoms with Crippen LogP contribution in [0.1, 0.15) is 38.5 Å². The standard InChI is InChI=1S/C13H21NO4/c15-12(16)13(14-9-3-4-9)5-1-2-10(6-13)18-11-7-17-8-11/h9-11,14H,1-8H2,(H,15,16). The normalized spacial score (nSPS) is 37.2. The van der Waals surface area contributed by atoms with Gasteiger partial charge in [0.1, 0.15) is 11.6 Å². The SMILES string of the molecule is O=C(O)C1(NC2CC2)CCCC(OC2COC2)C1. The van der Waals surface area contributed by atoms with E-state index in [2.05, 4.69) is 5.32 Å². The summed E-state index contributed by atoms with van der Waals surface area (Å²) in [5.41, 5.74) is -0.755. The number of carboxylic acid groups (broad SMARTS) is 1.